The average molecular weight is 458 g/mol. The zero-order valence-electron chi connectivity index (χ0n) is 17.5. The molecule has 0 unspecified atom stereocenters. The van der Waals surface area contributed by atoms with Crippen LogP contribution in [0.25, 0.3) is 0 Å². The van der Waals surface area contributed by atoms with E-state index in [1.165, 1.54) is 6.07 Å². The predicted octanol–water partition coefficient (Wildman–Crippen LogP) is 2.38. The van der Waals surface area contributed by atoms with Crippen molar-refractivity contribution in [3.8, 4) is 0 Å². The Balaban J connectivity index is 1.37. The Hall–Kier alpha value is -3.40. The van der Waals surface area contributed by atoms with E-state index in [-0.39, 0.29) is 29.4 Å². The monoisotopic (exact) mass is 457 g/mol. The van der Waals surface area contributed by atoms with Crippen molar-refractivity contribution in [3.05, 3.63) is 59.7 Å². The maximum atomic E-state index is 12.8. The van der Waals surface area contributed by atoms with Gasteiger partial charge in [-0.25, -0.2) is 18.1 Å². The predicted molar refractivity (Wildman–Crippen MR) is 116 cm³/mol. The first-order valence-corrected chi connectivity index (χ1v) is 11.7. The number of cyclic esters (lactones) is 1. The van der Waals surface area contributed by atoms with Crippen LogP contribution in [0.3, 0.4) is 0 Å². The molecule has 1 N–H and O–H groups in total. The third-order valence-electron chi connectivity index (χ3n) is 5.59. The van der Waals surface area contributed by atoms with E-state index in [1.807, 2.05) is 13.0 Å². The summed E-state index contributed by atoms with van der Waals surface area (Å²) in [6, 6.07) is 12.6. The number of hydrogen-bond acceptors (Lipinski definition) is 6. The molecule has 2 aliphatic heterocycles. The molecule has 2 aliphatic rings. The fourth-order valence-electron chi connectivity index (χ4n) is 3.90. The van der Waals surface area contributed by atoms with E-state index in [4.69, 9.17) is 4.74 Å². The Bertz CT molecular complexity index is 1140. The highest BCUT2D eigenvalue weighted by atomic mass is 32.2. The van der Waals surface area contributed by atoms with Crippen LogP contribution in [0.4, 0.5) is 10.5 Å². The smallest absolute Gasteiger partial charge is 0.417 e. The Morgan fingerprint density at radius 3 is 2.34 bits per heavy atom. The Morgan fingerprint density at radius 2 is 1.75 bits per heavy atom. The number of benzene rings is 2. The molecule has 0 aliphatic carbocycles. The maximum absolute atomic E-state index is 12.8. The van der Waals surface area contributed by atoms with Gasteiger partial charge in [0.15, 0.2) is 6.61 Å². The highest BCUT2D eigenvalue weighted by molar-refractivity contribution is 7.92. The minimum absolute atomic E-state index is 0.167. The molecule has 2 aromatic rings. The minimum Gasteiger partial charge on any atom is -0.439 e. The number of piperidine rings is 1. The molecule has 0 bridgehead atoms. The molecule has 3 amide bonds. The molecule has 4 rings (SSSR count). The molecule has 0 aromatic heterocycles. The summed E-state index contributed by atoms with van der Waals surface area (Å²) in [6.45, 7) is 2.40. The van der Waals surface area contributed by atoms with Crippen molar-refractivity contribution in [1.29, 1.82) is 0 Å². The van der Waals surface area contributed by atoms with Gasteiger partial charge in [0.2, 0.25) is 0 Å². The van der Waals surface area contributed by atoms with E-state index in [2.05, 4.69) is 4.72 Å². The number of aryl methyl sites for hydroxylation is 1. The summed E-state index contributed by atoms with van der Waals surface area (Å²) < 4.78 is 32.4. The van der Waals surface area contributed by atoms with E-state index in [9.17, 15) is 22.8 Å². The lowest BCUT2D eigenvalue weighted by molar-refractivity contribution is -0.127. The number of sulfonamides is 1. The number of carbonyl (C=O) groups is 3. The summed E-state index contributed by atoms with van der Waals surface area (Å²) in [5, 5.41) is 0. The number of anilines is 1. The van der Waals surface area contributed by atoms with Crippen LogP contribution in [0.15, 0.2) is 53.4 Å². The molecule has 168 valence electrons. The van der Waals surface area contributed by atoms with Gasteiger partial charge in [-0.05, 0) is 61.7 Å². The van der Waals surface area contributed by atoms with E-state index < -0.39 is 16.1 Å². The lowest BCUT2D eigenvalue weighted by Gasteiger charge is -2.34. The Labute approximate surface area is 186 Å². The summed E-state index contributed by atoms with van der Waals surface area (Å²) in [5.74, 6) is -0.532. The zero-order valence-corrected chi connectivity index (χ0v) is 18.3. The highest BCUT2D eigenvalue weighted by Gasteiger charge is 2.39. The fourth-order valence-corrected chi connectivity index (χ4v) is 5.07. The van der Waals surface area contributed by atoms with Crippen LogP contribution >= 0.6 is 0 Å². The standard InChI is InChI=1S/C22H23N3O6S/c1-15-3-2-4-19(13-15)32(29,30)23-17-7-5-16(6-8-17)21(27)24-11-9-18(10-12-24)25-20(26)14-31-22(25)28/h2-8,13,18,23H,9-12,14H2,1H3. The molecular formula is C22H23N3O6S. The SMILES string of the molecule is Cc1cccc(S(=O)(=O)Nc2ccc(C(=O)N3CCC(N4C(=O)COC4=O)CC3)cc2)c1. The van der Waals surface area contributed by atoms with Gasteiger partial charge < -0.3 is 9.64 Å². The summed E-state index contributed by atoms with van der Waals surface area (Å²) in [5.41, 5.74) is 1.62. The van der Waals surface area contributed by atoms with Gasteiger partial charge in [0.25, 0.3) is 21.8 Å². The van der Waals surface area contributed by atoms with Crippen molar-refractivity contribution in [2.24, 2.45) is 0 Å². The largest absolute Gasteiger partial charge is 0.439 e. The van der Waals surface area contributed by atoms with Crippen LogP contribution in [-0.2, 0) is 19.6 Å². The van der Waals surface area contributed by atoms with Gasteiger partial charge in [0.05, 0.1) is 4.90 Å². The summed E-state index contributed by atoms with van der Waals surface area (Å²) in [7, 11) is -3.73. The minimum atomic E-state index is -3.73. The molecule has 2 heterocycles. The first-order chi connectivity index (χ1) is 15.2. The molecule has 0 atom stereocenters. The average Bonchev–Trinajstić information content (AvgIpc) is 3.11. The highest BCUT2D eigenvalue weighted by Crippen LogP contribution is 2.23. The normalized spacial score (nSPS) is 17.4. The van der Waals surface area contributed by atoms with Crippen molar-refractivity contribution in [3.63, 3.8) is 0 Å². The number of imide groups is 1. The number of nitrogens with zero attached hydrogens (tertiary/aromatic N) is 2. The molecule has 10 heteroatoms. The molecular weight excluding hydrogens is 434 g/mol. The first kappa shape index (κ1) is 21.8. The van der Waals surface area contributed by atoms with Crippen molar-refractivity contribution >= 4 is 33.6 Å². The molecule has 9 nitrogen and oxygen atoms in total. The summed E-state index contributed by atoms with van der Waals surface area (Å²) >= 11 is 0. The van der Waals surface area contributed by atoms with Crippen molar-refractivity contribution in [1.82, 2.24) is 9.80 Å². The van der Waals surface area contributed by atoms with Gasteiger partial charge in [0.1, 0.15) is 0 Å². The van der Waals surface area contributed by atoms with Crippen molar-refractivity contribution in [2.75, 3.05) is 24.4 Å². The van der Waals surface area contributed by atoms with E-state index in [0.29, 0.717) is 37.2 Å². The van der Waals surface area contributed by atoms with Crippen LogP contribution in [0.1, 0.15) is 28.8 Å². The number of hydrogen-bond donors (Lipinski definition) is 1. The van der Waals surface area contributed by atoms with Gasteiger partial charge in [-0.3, -0.25) is 14.3 Å². The van der Waals surface area contributed by atoms with Gasteiger partial charge in [-0.1, -0.05) is 12.1 Å². The first-order valence-electron chi connectivity index (χ1n) is 10.2. The zero-order chi connectivity index (χ0) is 22.9. The number of carbonyl (C=O) groups excluding carboxylic acids is 3. The second-order valence-corrected chi connectivity index (χ2v) is 9.52. The second kappa shape index (κ2) is 8.62. The number of nitrogens with one attached hydrogen (secondary N) is 1. The maximum Gasteiger partial charge on any atom is 0.417 e. The number of amides is 3. The topological polar surface area (TPSA) is 113 Å². The third-order valence-corrected chi connectivity index (χ3v) is 6.96. The lowest BCUT2D eigenvalue weighted by Crippen LogP contribution is -2.48. The van der Waals surface area contributed by atoms with Crippen LogP contribution in [0.5, 0.6) is 0 Å². The van der Waals surface area contributed by atoms with E-state index in [0.717, 1.165) is 10.5 Å². The summed E-state index contributed by atoms with van der Waals surface area (Å²) in [6.07, 6.45) is 0.352. The van der Waals surface area contributed by atoms with Crippen LogP contribution in [0, 0.1) is 6.92 Å². The molecule has 2 aromatic carbocycles. The molecule has 2 fully saturated rings. The van der Waals surface area contributed by atoms with Crippen molar-refractivity contribution < 1.29 is 27.5 Å². The van der Waals surface area contributed by atoms with Gasteiger partial charge in [-0.15, -0.1) is 0 Å². The molecule has 0 spiro atoms. The van der Waals surface area contributed by atoms with Gasteiger partial charge in [0, 0.05) is 30.4 Å². The summed E-state index contributed by atoms with van der Waals surface area (Å²) in [4.78, 5) is 39.3. The Kier molecular flexibility index (Phi) is 5.88. The molecule has 0 radical (unpaired) electrons. The molecule has 32 heavy (non-hydrogen) atoms. The number of likely N-dealkylation sites (tertiary alicyclic amines) is 1. The van der Waals surface area contributed by atoms with Crippen LogP contribution in [-0.4, -0.2) is 61.9 Å². The quantitative estimate of drug-likeness (QED) is 0.738. The molecule has 2 saturated heterocycles. The fraction of sp³-hybridized carbons (Fsp3) is 0.318. The second-order valence-electron chi connectivity index (χ2n) is 7.84. The van der Waals surface area contributed by atoms with Crippen LogP contribution < -0.4 is 4.72 Å². The third kappa shape index (κ3) is 4.45. The van der Waals surface area contributed by atoms with Crippen LogP contribution in [0.2, 0.25) is 0 Å². The van der Waals surface area contributed by atoms with Crippen molar-refractivity contribution in [2.45, 2.75) is 30.7 Å². The lowest BCUT2D eigenvalue weighted by atomic mass is 10.0. The Morgan fingerprint density at radius 1 is 1.06 bits per heavy atom. The van der Waals surface area contributed by atoms with E-state index in [1.54, 1.807) is 41.3 Å². The van der Waals surface area contributed by atoms with Gasteiger partial charge in [-0.2, -0.15) is 0 Å². The number of ether oxygens (including phenoxy) is 1. The van der Waals surface area contributed by atoms with E-state index >= 15 is 0 Å². The molecule has 0 saturated carbocycles. The number of rotatable bonds is 5. The van der Waals surface area contributed by atoms with Gasteiger partial charge >= 0.3 is 6.09 Å².